The number of aromatic nitrogens is 2. The van der Waals surface area contributed by atoms with Crippen LogP contribution in [0.1, 0.15) is 6.92 Å². The zero-order valence-corrected chi connectivity index (χ0v) is 13.8. The van der Waals surface area contributed by atoms with Gasteiger partial charge in [-0.2, -0.15) is 5.10 Å². The molecule has 23 heavy (non-hydrogen) atoms. The first-order chi connectivity index (χ1) is 11.0. The number of hydrogen-bond donors (Lipinski definition) is 1. The van der Waals surface area contributed by atoms with Crippen molar-refractivity contribution in [3.05, 3.63) is 56.9 Å². The normalized spacial score (nSPS) is 11.8. The van der Waals surface area contributed by atoms with Gasteiger partial charge in [0, 0.05) is 23.8 Å². The first-order valence-electron chi connectivity index (χ1n) is 6.89. The summed E-state index contributed by atoms with van der Waals surface area (Å²) < 4.78 is 6.77. The van der Waals surface area contributed by atoms with Crippen molar-refractivity contribution < 1.29 is 9.53 Å². The van der Waals surface area contributed by atoms with E-state index in [9.17, 15) is 9.59 Å². The molecule has 1 heterocycles. The molecule has 0 radical (unpaired) electrons. The van der Waals surface area contributed by atoms with Crippen molar-refractivity contribution >= 4 is 29.1 Å². The highest BCUT2D eigenvalue weighted by molar-refractivity contribution is 6.35. The highest BCUT2D eigenvalue weighted by Crippen LogP contribution is 2.28. The smallest absolute Gasteiger partial charge is 0.266 e. The molecule has 1 aromatic carbocycles. The van der Waals surface area contributed by atoms with Gasteiger partial charge in [0.25, 0.3) is 11.5 Å². The molecule has 1 aromatic heterocycles. The average molecular weight is 356 g/mol. The minimum Gasteiger partial charge on any atom is -0.479 e. The number of halogens is 2. The van der Waals surface area contributed by atoms with Crippen molar-refractivity contribution in [2.24, 2.45) is 0 Å². The zero-order valence-electron chi connectivity index (χ0n) is 12.3. The second kappa shape index (κ2) is 7.99. The number of ether oxygens (including phenoxy) is 1. The molecule has 0 spiro atoms. The summed E-state index contributed by atoms with van der Waals surface area (Å²) in [6, 6.07) is 7.73. The molecule has 6 nitrogen and oxygen atoms in total. The maximum absolute atomic E-state index is 12.0. The molecule has 0 saturated carbocycles. The van der Waals surface area contributed by atoms with Gasteiger partial charge in [0.05, 0.1) is 11.6 Å². The number of rotatable bonds is 6. The van der Waals surface area contributed by atoms with Gasteiger partial charge in [-0.15, -0.1) is 0 Å². The van der Waals surface area contributed by atoms with Crippen LogP contribution in [0.3, 0.4) is 0 Å². The maximum Gasteiger partial charge on any atom is 0.266 e. The molecular formula is C15H15Cl2N3O3. The largest absolute Gasteiger partial charge is 0.479 e. The Balaban J connectivity index is 1.85. The molecule has 1 amide bonds. The van der Waals surface area contributed by atoms with Crippen LogP contribution >= 0.6 is 23.2 Å². The maximum atomic E-state index is 12.0. The Hall–Kier alpha value is -2.05. The molecule has 2 rings (SSSR count). The van der Waals surface area contributed by atoms with Gasteiger partial charge >= 0.3 is 0 Å². The summed E-state index contributed by atoms with van der Waals surface area (Å²) in [5.41, 5.74) is -0.223. The van der Waals surface area contributed by atoms with E-state index in [2.05, 4.69) is 10.4 Å². The monoisotopic (exact) mass is 355 g/mol. The highest BCUT2D eigenvalue weighted by atomic mass is 35.5. The summed E-state index contributed by atoms with van der Waals surface area (Å²) in [5, 5.41) is 7.39. The summed E-state index contributed by atoms with van der Waals surface area (Å²) in [6.07, 6.45) is 0.770. The Labute approximate surface area is 143 Å². The summed E-state index contributed by atoms with van der Waals surface area (Å²) in [7, 11) is 0. The van der Waals surface area contributed by atoms with Crippen LogP contribution in [0.25, 0.3) is 0 Å². The minimum atomic E-state index is -0.742. The van der Waals surface area contributed by atoms with Crippen molar-refractivity contribution in [3.63, 3.8) is 0 Å². The molecule has 0 aliphatic carbocycles. The molecule has 1 atom stereocenters. The van der Waals surface area contributed by atoms with E-state index in [0.717, 1.165) is 0 Å². The molecule has 0 bridgehead atoms. The van der Waals surface area contributed by atoms with Crippen LogP contribution in [0.5, 0.6) is 5.75 Å². The lowest BCUT2D eigenvalue weighted by molar-refractivity contribution is -0.127. The Morgan fingerprint density at radius 1 is 1.39 bits per heavy atom. The molecule has 8 heteroatoms. The Kier molecular flexibility index (Phi) is 6.01. The van der Waals surface area contributed by atoms with E-state index >= 15 is 0 Å². The Morgan fingerprint density at radius 2 is 2.17 bits per heavy atom. The van der Waals surface area contributed by atoms with Gasteiger partial charge in [-0.05, 0) is 31.2 Å². The lowest BCUT2D eigenvalue weighted by atomic mass is 10.3. The summed E-state index contributed by atoms with van der Waals surface area (Å²) in [6.45, 7) is 2.14. The molecular weight excluding hydrogens is 341 g/mol. The lowest BCUT2D eigenvalue weighted by Gasteiger charge is -2.15. The number of benzene rings is 1. The van der Waals surface area contributed by atoms with Gasteiger partial charge in [-0.3, -0.25) is 9.59 Å². The van der Waals surface area contributed by atoms with Gasteiger partial charge in [0.2, 0.25) is 0 Å². The third-order valence-electron chi connectivity index (χ3n) is 2.98. The number of carbonyl (C=O) groups excluding carboxylic acids is 1. The van der Waals surface area contributed by atoms with E-state index in [4.69, 9.17) is 27.9 Å². The topological polar surface area (TPSA) is 73.2 Å². The molecule has 122 valence electrons. The van der Waals surface area contributed by atoms with Crippen molar-refractivity contribution in [2.45, 2.75) is 19.6 Å². The van der Waals surface area contributed by atoms with Crippen LogP contribution in [0.4, 0.5) is 0 Å². The second-order valence-electron chi connectivity index (χ2n) is 4.71. The first kappa shape index (κ1) is 17.3. The highest BCUT2D eigenvalue weighted by Gasteiger charge is 2.15. The minimum absolute atomic E-state index is 0.223. The fraction of sp³-hybridized carbons (Fsp3) is 0.267. The van der Waals surface area contributed by atoms with Crippen molar-refractivity contribution in [3.8, 4) is 5.75 Å². The summed E-state index contributed by atoms with van der Waals surface area (Å²) in [5.74, 6) is 0.0552. The van der Waals surface area contributed by atoms with E-state index in [0.29, 0.717) is 15.8 Å². The second-order valence-corrected chi connectivity index (χ2v) is 5.55. The predicted octanol–water partition coefficient (Wildman–Crippen LogP) is 2.13. The number of nitrogens with one attached hydrogen (secondary N) is 1. The zero-order chi connectivity index (χ0) is 16.8. The number of hydrogen-bond acceptors (Lipinski definition) is 4. The van der Waals surface area contributed by atoms with E-state index in [-0.39, 0.29) is 24.6 Å². The van der Waals surface area contributed by atoms with Crippen LogP contribution in [0, 0.1) is 0 Å². The first-order valence-corrected chi connectivity index (χ1v) is 7.64. The fourth-order valence-electron chi connectivity index (χ4n) is 1.80. The molecule has 1 N–H and O–H groups in total. The van der Waals surface area contributed by atoms with Crippen LogP contribution < -0.4 is 15.6 Å². The van der Waals surface area contributed by atoms with Crippen molar-refractivity contribution in [2.75, 3.05) is 6.54 Å². The van der Waals surface area contributed by atoms with Crippen LogP contribution in [-0.4, -0.2) is 28.3 Å². The van der Waals surface area contributed by atoms with Gasteiger partial charge in [-0.25, -0.2) is 4.68 Å². The van der Waals surface area contributed by atoms with Gasteiger partial charge in [0.15, 0.2) is 6.10 Å². The third kappa shape index (κ3) is 4.97. The van der Waals surface area contributed by atoms with E-state index in [1.165, 1.54) is 23.0 Å². The lowest BCUT2D eigenvalue weighted by Crippen LogP contribution is -2.39. The fourth-order valence-corrected chi connectivity index (χ4v) is 2.25. The Bertz CT molecular complexity index is 749. The standard InChI is InChI=1S/C15H15Cl2N3O3/c1-10(23-13-5-4-11(16)9-12(13)17)15(22)18-7-8-20-14(21)3-2-6-19-20/h2-6,9-10H,7-8H2,1H3,(H,18,22). The molecule has 0 saturated heterocycles. The molecule has 0 fully saturated rings. The summed E-state index contributed by atoms with van der Waals surface area (Å²) in [4.78, 5) is 23.5. The van der Waals surface area contributed by atoms with Crippen LogP contribution in [-0.2, 0) is 11.3 Å². The van der Waals surface area contributed by atoms with Crippen molar-refractivity contribution in [1.82, 2.24) is 15.1 Å². The van der Waals surface area contributed by atoms with E-state index in [1.807, 2.05) is 0 Å². The molecule has 2 aromatic rings. The van der Waals surface area contributed by atoms with Crippen LogP contribution in [0.2, 0.25) is 10.0 Å². The van der Waals surface area contributed by atoms with Crippen molar-refractivity contribution in [1.29, 1.82) is 0 Å². The predicted molar refractivity (Wildman–Crippen MR) is 88.1 cm³/mol. The van der Waals surface area contributed by atoms with Gasteiger partial charge < -0.3 is 10.1 Å². The van der Waals surface area contributed by atoms with E-state index < -0.39 is 6.10 Å². The molecule has 0 aliphatic heterocycles. The van der Waals surface area contributed by atoms with Crippen LogP contribution in [0.15, 0.2) is 41.3 Å². The van der Waals surface area contributed by atoms with Gasteiger partial charge in [-0.1, -0.05) is 23.2 Å². The molecule has 0 aliphatic rings. The number of carbonyl (C=O) groups is 1. The Morgan fingerprint density at radius 3 is 2.87 bits per heavy atom. The third-order valence-corrected chi connectivity index (χ3v) is 3.51. The van der Waals surface area contributed by atoms with Gasteiger partial charge in [0.1, 0.15) is 5.75 Å². The van der Waals surface area contributed by atoms with E-state index in [1.54, 1.807) is 25.1 Å². The number of nitrogens with zero attached hydrogens (tertiary/aromatic N) is 2. The summed E-state index contributed by atoms with van der Waals surface area (Å²) >= 11 is 11.8. The SMILES string of the molecule is CC(Oc1ccc(Cl)cc1Cl)C(=O)NCCn1ncccc1=O. The average Bonchev–Trinajstić information content (AvgIpc) is 2.51. The number of amides is 1. The quantitative estimate of drug-likeness (QED) is 0.861. The molecule has 1 unspecified atom stereocenters.